The molecule has 0 fully saturated rings. The van der Waals surface area contributed by atoms with Crippen molar-refractivity contribution in [2.45, 2.75) is 31.9 Å². The average molecular weight is 313 g/mol. The number of benzene rings is 2. The van der Waals surface area contributed by atoms with Gasteiger partial charge in [0.1, 0.15) is 17.9 Å². The number of ether oxygens (including phenoxy) is 2. The largest absolute Gasteiger partial charge is 0.497 e. The SMILES string of the molecule is COc1ccc(CC[C@](C)(N)C(=O)OCc2ccccc2)cc1. The molecule has 122 valence electrons. The predicted molar refractivity (Wildman–Crippen MR) is 90.1 cm³/mol. The van der Waals surface area contributed by atoms with E-state index >= 15 is 0 Å². The summed E-state index contributed by atoms with van der Waals surface area (Å²) in [6, 6.07) is 17.3. The Morgan fingerprint density at radius 1 is 1.04 bits per heavy atom. The molecule has 0 amide bonds. The monoisotopic (exact) mass is 313 g/mol. The fourth-order valence-electron chi connectivity index (χ4n) is 2.19. The van der Waals surface area contributed by atoms with Crippen LogP contribution >= 0.6 is 0 Å². The molecule has 0 heterocycles. The topological polar surface area (TPSA) is 61.5 Å². The fourth-order valence-corrected chi connectivity index (χ4v) is 2.19. The molecule has 23 heavy (non-hydrogen) atoms. The molecule has 4 heteroatoms. The zero-order chi connectivity index (χ0) is 16.7. The van der Waals surface area contributed by atoms with Gasteiger partial charge in [0.15, 0.2) is 0 Å². The lowest BCUT2D eigenvalue weighted by Gasteiger charge is -2.22. The highest BCUT2D eigenvalue weighted by Gasteiger charge is 2.29. The first-order valence-electron chi connectivity index (χ1n) is 7.64. The van der Waals surface area contributed by atoms with Crippen molar-refractivity contribution in [2.24, 2.45) is 5.73 Å². The van der Waals surface area contributed by atoms with Gasteiger partial charge in [0.2, 0.25) is 0 Å². The number of hydrogen-bond acceptors (Lipinski definition) is 4. The van der Waals surface area contributed by atoms with Crippen molar-refractivity contribution in [3.8, 4) is 5.75 Å². The van der Waals surface area contributed by atoms with Crippen LogP contribution in [0.4, 0.5) is 0 Å². The van der Waals surface area contributed by atoms with Gasteiger partial charge >= 0.3 is 5.97 Å². The Hall–Kier alpha value is -2.33. The maximum Gasteiger partial charge on any atom is 0.326 e. The third-order valence-electron chi connectivity index (χ3n) is 3.77. The second-order valence-corrected chi connectivity index (χ2v) is 5.83. The minimum absolute atomic E-state index is 0.245. The smallest absolute Gasteiger partial charge is 0.326 e. The van der Waals surface area contributed by atoms with E-state index in [1.54, 1.807) is 14.0 Å². The van der Waals surface area contributed by atoms with E-state index in [4.69, 9.17) is 15.2 Å². The predicted octanol–water partition coefficient (Wildman–Crippen LogP) is 3.09. The molecule has 2 rings (SSSR count). The van der Waals surface area contributed by atoms with E-state index in [1.807, 2.05) is 54.6 Å². The van der Waals surface area contributed by atoms with Gasteiger partial charge in [0.25, 0.3) is 0 Å². The molecule has 2 aromatic rings. The van der Waals surface area contributed by atoms with Crippen molar-refractivity contribution >= 4 is 5.97 Å². The lowest BCUT2D eigenvalue weighted by molar-refractivity contribution is -0.151. The Morgan fingerprint density at radius 3 is 2.30 bits per heavy atom. The quantitative estimate of drug-likeness (QED) is 0.798. The molecule has 0 aliphatic rings. The third-order valence-corrected chi connectivity index (χ3v) is 3.77. The van der Waals surface area contributed by atoms with Crippen LogP contribution in [0.5, 0.6) is 5.75 Å². The first-order valence-corrected chi connectivity index (χ1v) is 7.64. The van der Waals surface area contributed by atoms with Crippen molar-refractivity contribution < 1.29 is 14.3 Å². The second kappa shape index (κ2) is 7.79. The average Bonchev–Trinajstić information content (AvgIpc) is 2.59. The van der Waals surface area contributed by atoms with Crippen LogP contribution in [0, 0.1) is 0 Å². The summed E-state index contributed by atoms with van der Waals surface area (Å²) in [4.78, 5) is 12.2. The van der Waals surface area contributed by atoms with E-state index in [2.05, 4.69) is 0 Å². The van der Waals surface area contributed by atoms with E-state index in [1.165, 1.54) is 0 Å². The van der Waals surface area contributed by atoms with E-state index in [0.29, 0.717) is 12.8 Å². The summed E-state index contributed by atoms with van der Waals surface area (Å²) in [5.74, 6) is 0.432. The molecule has 0 saturated heterocycles. The number of nitrogens with two attached hydrogens (primary N) is 1. The third kappa shape index (κ3) is 5.11. The van der Waals surface area contributed by atoms with Gasteiger partial charge in [0.05, 0.1) is 7.11 Å². The molecule has 1 atom stereocenters. The van der Waals surface area contributed by atoms with Gasteiger partial charge in [-0.3, -0.25) is 4.79 Å². The van der Waals surface area contributed by atoms with Crippen LogP contribution in [-0.4, -0.2) is 18.6 Å². The van der Waals surface area contributed by atoms with Crippen LogP contribution in [0.1, 0.15) is 24.5 Å². The number of rotatable bonds is 7. The Bertz CT molecular complexity index is 621. The fraction of sp³-hybridized carbons (Fsp3) is 0.316. The van der Waals surface area contributed by atoms with E-state index in [0.717, 1.165) is 16.9 Å². The Morgan fingerprint density at radius 2 is 1.70 bits per heavy atom. The number of methoxy groups -OCH3 is 1. The first kappa shape index (κ1) is 17.0. The first-order chi connectivity index (χ1) is 11.0. The number of aryl methyl sites for hydroxylation is 1. The van der Waals surface area contributed by atoms with Crippen molar-refractivity contribution in [3.63, 3.8) is 0 Å². The number of carbonyl (C=O) groups excluding carboxylic acids is 1. The summed E-state index contributed by atoms with van der Waals surface area (Å²) in [6.07, 6.45) is 1.23. The molecule has 0 aliphatic carbocycles. The molecular weight excluding hydrogens is 290 g/mol. The van der Waals surface area contributed by atoms with Crippen LogP contribution < -0.4 is 10.5 Å². The standard InChI is InChI=1S/C19H23NO3/c1-19(20,13-12-15-8-10-17(22-2)11-9-15)18(21)23-14-16-6-4-3-5-7-16/h3-11H,12-14,20H2,1-2H3/t19-/m0/s1. The summed E-state index contributed by atoms with van der Waals surface area (Å²) in [5.41, 5.74) is 7.18. The maximum atomic E-state index is 12.2. The van der Waals surface area contributed by atoms with Crippen LogP contribution in [0.2, 0.25) is 0 Å². The zero-order valence-corrected chi connectivity index (χ0v) is 13.6. The summed E-state index contributed by atoms with van der Waals surface area (Å²) < 4.78 is 10.5. The van der Waals surface area contributed by atoms with Gasteiger partial charge in [-0.2, -0.15) is 0 Å². The molecule has 2 N–H and O–H groups in total. The lowest BCUT2D eigenvalue weighted by Crippen LogP contribution is -2.46. The molecule has 0 aromatic heterocycles. The summed E-state index contributed by atoms with van der Waals surface area (Å²) in [7, 11) is 1.63. The number of carbonyl (C=O) groups is 1. The zero-order valence-electron chi connectivity index (χ0n) is 13.6. The highest BCUT2D eigenvalue weighted by Crippen LogP contribution is 2.17. The van der Waals surface area contributed by atoms with E-state index in [-0.39, 0.29) is 12.6 Å². The van der Waals surface area contributed by atoms with Crippen LogP contribution in [0.25, 0.3) is 0 Å². The number of hydrogen-bond donors (Lipinski definition) is 1. The Labute approximate surface area is 137 Å². The van der Waals surface area contributed by atoms with Crippen molar-refractivity contribution in [2.75, 3.05) is 7.11 Å². The summed E-state index contributed by atoms with van der Waals surface area (Å²) >= 11 is 0. The van der Waals surface area contributed by atoms with E-state index in [9.17, 15) is 4.79 Å². The van der Waals surface area contributed by atoms with E-state index < -0.39 is 5.54 Å². The molecule has 0 aliphatic heterocycles. The van der Waals surface area contributed by atoms with Gasteiger partial charge in [-0.1, -0.05) is 42.5 Å². The molecule has 0 spiro atoms. The number of esters is 1. The molecular formula is C19H23NO3. The minimum atomic E-state index is -1.01. The Kier molecular flexibility index (Phi) is 5.77. The normalized spacial score (nSPS) is 13.2. The van der Waals surface area contributed by atoms with Crippen LogP contribution in [-0.2, 0) is 22.6 Å². The summed E-state index contributed by atoms with van der Waals surface area (Å²) in [6.45, 7) is 1.96. The molecule has 0 bridgehead atoms. The molecule has 4 nitrogen and oxygen atoms in total. The minimum Gasteiger partial charge on any atom is -0.497 e. The molecule has 0 radical (unpaired) electrons. The van der Waals surface area contributed by atoms with Gasteiger partial charge in [-0.15, -0.1) is 0 Å². The highest BCUT2D eigenvalue weighted by molar-refractivity contribution is 5.80. The van der Waals surface area contributed by atoms with Crippen molar-refractivity contribution in [1.82, 2.24) is 0 Å². The molecule has 0 unspecified atom stereocenters. The lowest BCUT2D eigenvalue weighted by atomic mass is 9.94. The molecule has 0 saturated carbocycles. The summed E-state index contributed by atoms with van der Waals surface area (Å²) in [5, 5.41) is 0. The van der Waals surface area contributed by atoms with Crippen LogP contribution in [0.15, 0.2) is 54.6 Å². The van der Waals surface area contributed by atoms with Gasteiger partial charge in [0, 0.05) is 0 Å². The van der Waals surface area contributed by atoms with Gasteiger partial charge in [-0.05, 0) is 43.0 Å². The second-order valence-electron chi connectivity index (χ2n) is 5.83. The van der Waals surface area contributed by atoms with Crippen molar-refractivity contribution in [3.05, 3.63) is 65.7 Å². The maximum absolute atomic E-state index is 12.2. The highest BCUT2D eigenvalue weighted by atomic mass is 16.5. The van der Waals surface area contributed by atoms with Gasteiger partial charge in [-0.25, -0.2) is 0 Å². The van der Waals surface area contributed by atoms with Crippen LogP contribution in [0.3, 0.4) is 0 Å². The Balaban J connectivity index is 1.85. The van der Waals surface area contributed by atoms with Gasteiger partial charge < -0.3 is 15.2 Å². The molecule has 2 aromatic carbocycles. The van der Waals surface area contributed by atoms with Crippen molar-refractivity contribution in [1.29, 1.82) is 0 Å².